The molecule has 0 aliphatic heterocycles. The van der Waals surface area contributed by atoms with Crippen LogP contribution in [0.25, 0.3) is 0 Å². The van der Waals surface area contributed by atoms with Crippen LogP contribution in [0.2, 0.25) is 10.0 Å². The van der Waals surface area contributed by atoms with E-state index in [2.05, 4.69) is 47.8 Å². The zero-order valence-corrected chi connectivity index (χ0v) is 15.7. The van der Waals surface area contributed by atoms with Crippen LogP contribution in [-0.2, 0) is 13.1 Å². The Bertz CT molecular complexity index is 607. The van der Waals surface area contributed by atoms with Crippen LogP contribution >= 0.6 is 23.2 Å². The highest BCUT2D eigenvalue weighted by atomic mass is 35.5. The first-order valence-electron chi connectivity index (χ1n) is 8.63. The molecular weight excluding hydrogens is 327 g/mol. The average molecular weight is 354 g/mol. The van der Waals surface area contributed by atoms with Gasteiger partial charge in [0, 0.05) is 16.0 Å². The van der Waals surface area contributed by atoms with Crippen LogP contribution in [0.1, 0.15) is 57.4 Å². The highest BCUT2D eigenvalue weighted by Gasteiger charge is 2.18. The molecule has 2 aromatic rings. The van der Waals surface area contributed by atoms with Crippen molar-refractivity contribution < 1.29 is 4.57 Å². The number of aryl methyl sites for hydroxylation is 1. The number of unbranched alkanes of at least 4 members (excludes halogenated alkanes) is 2. The second kappa shape index (κ2) is 9.34. The van der Waals surface area contributed by atoms with Gasteiger partial charge in [-0.15, -0.1) is 0 Å². The number of nitrogens with zero attached hydrogens (tertiary/aromatic N) is 2. The average Bonchev–Trinajstić information content (AvgIpc) is 2.97. The Labute approximate surface area is 150 Å². The Balaban J connectivity index is 2.13. The fraction of sp³-hybridized carbons (Fsp3) is 0.526. The van der Waals surface area contributed by atoms with Gasteiger partial charge in [-0.25, -0.2) is 9.13 Å². The van der Waals surface area contributed by atoms with Crippen LogP contribution in [-0.4, -0.2) is 4.57 Å². The third-order valence-electron chi connectivity index (χ3n) is 4.26. The number of hydrogen-bond acceptors (Lipinski definition) is 0. The van der Waals surface area contributed by atoms with Gasteiger partial charge >= 0.3 is 0 Å². The molecule has 23 heavy (non-hydrogen) atoms. The molecule has 0 saturated carbocycles. The Morgan fingerprint density at radius 2 is 1.91 bits per heavy atom. The Hall–Kier alpha value is -0.990. The predicted octanol–water partition coefficient (Wildman–Crippen LogP) is 5.86. The molecule has 1 atom stereocenters. The van der Waals surface area contributed by atoms with Crippen molar-refractivity contribution in [2.45, 2.75) is 65.0 Å². The van der Waals surface area contributed by atoms with Gasteiger partial charge in [0.2, 0.25) is 6.33 Å². The first kappa shape index (κ1) is 18.4. The van der Waals surface area contributed by atoms with E-state index in [1.165, 1.54) is 31.2 Å². The van der Waals surface area contributed by atoms with Gasteiger partial charge in [0.25, 0.3) is 0 Å². The minimum atomic E-state index is 0.423. The molecule has 0 aliphatic carbocycles. The minimum absolute atomic E-state index is 0.423. The summed E-state index contributed by atoms with van der Waals surface area (Å²) in [5.41, 5.74) is 1.21. The van der Waals surface area contributed by atoms with Gasteiger partial charge in [-0.2, -0.15) is 0 Å². The summed E-state index contributed by atoms with van der Waals surface area (Å²) in [6, 6.07) is 5.88. The van der Waals surface area contributed by atoms with Gasteiger partial charge in [-0.05, 0) is 30.5 Å². The van der Waals surface area contributed by atoms with E-state index >= 15 is 0 Å². The van der Waals surface area contributed by atoms with Gasteiger partial charge in [0.05, 0.1) is 13.1 Å². The maximum atomic E-state index is 6.44. The first-order valence-corrected chi connectivity index (χ1v) is 9.39. The van der Waals surface area contributed by atoms with Crippen LogP contribution in [0, 0.1) is 0 Å². The summed E-state index contributed by atoms with van der Waals surface area (Å²) >= 11 is 12.5. The lowest BCUT2D eigenvalue weighted by atomic mass is 9.93. The second-order valence-electron chi connectivity index (χ2n) is 6.21. The van der Waals surface area contributed by atoms with E-state index in [1.54, 1.807) is 0 Å². The molecule has 1 aromatic carbocycles. The highest BCUT2D eigenvalue weighted by molar-refractivity contribution is 6.35. The molecule has 0 saturated heterocycles. The maximum absolute atomic E-state index is 6.44. The summed E-state index contributed by atoms with van der Waals surface area (Å²) in [4.78, 5) is 0. The summed E-state index contributed by atoms with van der Waals surface area (Å²) < 4.78 is 4.55. The lowest BCUT2D eigenvalue weighted by molar-refractivity contribution is -0.699. The van der Waals surface area contributed by atoms with Gasteiger partial charge in [-0.3, -0.25) is 0 Å². The van der Waals surface area contributed by atoms with Crippen molar-refractivity contribution in [3.05, 3.63) is 52.5 Å². The fourth-order valence-electron chi connectivity index (χ4n) is 2.90. The van der Waals surface area contributed by atoms with Gasteiger partial charge in [-0.1, -0.05) is 62.4 Å². The van der Waals surface area contributed by atoms with Gasteiger partial charge in [0.1, 0.15) is 12.4 Å². The topological polar surface area (TPSA) is 8.81 Å². The number of hydrogen-bond donors (Lipinski definition) is 0. The summed E-state index contributed by atoms with van der Waals surface area (Å²) in [6.45, 7) is 6.50. The molecule has 0 bridgehead atoms. The third-order valence-corrected chi connectivity index (χ3v) is 4.82. The number of rotatable bonds is 9. The van der Waals surface area contributed by atoms with Gasteiger partial charge < -0.3 is 0 Å². The molecule has 1 aromatic heterocycles. The highest BCUT2D eigenvalue weighted by Crippen LogP contribution is 2.31. The predicted molar refractivity (Wildman–Crippen MR) is 98.3 cm³/mol. The number of halogens is 2. The fourth-order valence-corrected chi connectivity index (χ4v) is 3.47. The van der Waals surface area contributed by atoms with Crippen molar-refractivity contribution in [1.29, 1.82) is 0 Å². The Morgan fingerprint density at radius 3 is 2.61 bits per heavy atom. The molecule has 126 valence electrons. The van der Waals surface area contributed by atoms with E-state index in [4.69, 9.17) is 23.2 Å². The number of benzene rings is 1. The smallest absolute Gasteiger partial charge is 0.237 e. The van der Waals surface area contributed by atoms with Crippen molar-refractivity contribution in [1.82, 2.24) is 4.57 Å². The van der Waals surface area contributed by atoms with Gasteiger partial charge in [0.15, 0.2) is 0 Å². The maximum Gasteiger partial charge on any atom is 0.243 e. The quantitative estimate of drug-likeness (QED) is 0.499. The van der Waals surface area contributed by atoms with Crippen molar-refractivity contribution in [3.63, 3.8) is 0 Å². The summed E-state index contributed by atoms with van der Waals surface area (Å²) in [5, 5.41) is 1.48. The largest absolute Gasteiger partial charge is 0.243 e. The molecule has 1 unspecified atom stereocenters. The van der Waals surface area contributed by atoms with E-state index in [1.807, 2.05) is 12.1 Å². The van der Waals surface area contributed by atoms with E-state index < -0.39 is 0 Å². The zero-order valence-electron chi connectivity index (χ0n) is 14.1. The van der Waals surface area contributed by atoms with Crippen molar-refractivity contribution in [2.75, 3.05) is 0 Å². The molecule has 1 heterocycles. The second-order valence-corrected chi connectivity index (χ2v) is 7.05. The molecule has 0 aliphatic rings. The molecule has 2 rings (SSSR count). The number of aromatic nitrogens is 2. The van der Waals surface area contributed by atoms with Crippen LogP contribution in [0.3, 0.4) is 0 Å². The Morgan fingerprint density at radius 1 is 1.13 bits per heavy atom. The van der Waals surface area contributed by atoms with Crippen molar-refractivity contribution in [2.24, 2.45) is 0 Å². The molecule has 2 nitrogen and oxygen atoms in total. The third kappa shape index (κ3) is 5.54. The summed E-state index contributed by atoms with van der Waals surface area (Å²) in [6.07, 6.45) is 12.5. The molecule has 0 radical (unpaired) electrons. The molecule has 0 spiro atoms. The summed E-state index contributed by atoms with van der Waals surface area (Å²) in [5.74, 6) is 0.423. The lowest BCUT2D eigenvalue weighted by Crippen LogP contribution is -2.34. The van der Waals surface area contributed by atoms with E-state index in [0.717, 1.165) is 24.5 Å². The summed E-state index contributed by atoms with van der Waals surface area (Å²) in [7, 11) is 0. The van der Waals surface area contributed by atoms with Crippen LogP contribution in [0.15, 0.2) is 36.9 Å². The monoisotopic (exact) mass is 353 g/mol. The molecule has 0 amide bonds. The van der Waals surface area contributed by atoms with Crippen LogP contribution in [0.5, 0.6) is 0 Å². The van der Waals surface area contributed by atoms with Crippen LogP contribution < -0.4 is 4.57 Å². The minimum Gasteiger partial charge on any atom is -0.237 e. The molecule has 4 heteroatoms. The van der Waals surface area contributed by atoms with Crippen molar-refractivity contribution in [3.8, 4) is 0 Å². The van der Waals surface area contributed by atoms with Crippen LogP contribution in [0.4, 0.5) is 0 Å². The normalized spacial score (nSPS) is 12.5. The first-order chi connectivity index (χ1) is 11.1. The van der Waals surface area contributed by atoms with E-state index in [9.17, 15) is 0 Å². The van der Waals surface area contributed by atoms with E-state index in [0.29, 0.717) is 10.9 Å². The molecular formula is C19H27Cl2N2+. The Kier molecular flexibility index (Phi) is 7.45. The molecule has 0 N–H and O–H groups in total. The molecule has 0 fully saturated rings. The van der Waals surface area contributed by atoms with Crippen molar-refractivity contribution >= 4 is 23.2 Å². The standard InChI is InChI=1S/C19H27Cl2N2/c1-3-5-7-16(18-9-8-17(20)13-19(18)21)14-23-12-11-22(15-23)10-6-4-2/h8-9,11-13,15-16H,3-7,10,14H2,1-2H3/q+1. The number of imidazole rings is 1. The zero-order chi connectivity index (χ0) is 16.7. The lowest BCUT2D eigenvalue weighted by Gasteiger charge is -2.17. The SMILES string of the molecule is CCCCC(C[n+]1ccn(CCCC)c1)c1ccc(Cl)cc1Cl. The van der Waals surface area contributed by atoms with E-state index in [-0.39, 0.29) is 0 Å².